The standard InChI is InChI=1S/C19H26N2O3/c1-20(12-14-8-9-21(13-14)10-11-24-2)19(23)17-5-3-4-16-15(17)6-7-18(16)22/h3-5,14H,6-13H2,1-2H3/t14-/m1/s1. The summed E-state index contributed by atoms with van der Waals surface area (Å²) in [5.41, 5.74) is 2.38. The van der Waals surface area contributed by atoms with Gasteiger partial charge in [0, 0.05) is 51.3 Å². The van der Waals surface area contributed by atoms with Gasteiger partial charge in [-0.15, -0.1) is 0 Å². The van der Waals surface area contributed by atoms with Crippen molar-refractivity contribution in [3.8, 4) is 0 Å². The fourth-order valence-corrected chi connectivity index (χ4v) is 3.85. The first kappa shape index (κ1) is 17.1. The van der Waals surface area contributed by atoms with Gasteiger partial charge in [-0.3, -0.25) is 9.59 Å². The summed E-state index contributed by atoms with van der Waals surface area (Å²) in [6.45, 7) is 4.57. The van der Waals surface area contributed by atoms with Gasteiger partial charge in [-0.05, 0) is 36.9 Å². The lowest BCUT2D eigenvalue weighted by atomic mass is 10.0. The molecule has 1 atom stereocenters. The van der Waals surface area contributed by atoms with Crippen LogP contribution in [0.2, 0.25) is 0 Å². The summed E-state index contributed by atoms with van der Waals surface area (Å²) in [5.74, 6) is 0.706. The number of ketones is 1. The van der Waals surface area contributed by atoms with Gasteiger partial charge in [0.05, 0.1) is 6.61 Å². The van der Waals surface area contributed by atoms with E-state index in [1.807, 2.05) is 30.1 Å². The largest absolute Gasteiger partial charge is 0.383 e. The van der Waals surface area contributed by atoms with Crippen LogP contribution in [0.15, 0.2) is 18.2 Å². The maximum Gasteiger partial charge on any atom is 0.253 e. The second-order valence-electron chi connectivity index (χ2n) is 6.89. The van der Waals surface area contributed by atoms with Gasteiger partial charge in [-0.2, -0.15) is 0 Å². The highest BCUT2D eigenvalue weighted by Crippen LogP contribution is 2.26. The number of methoxy groups -OCH3 is 1. The summed E-state index contributed by atoms with van der Waals surface area (Å²) in [4.78, 5) is 28.9. The average molecular weight is 330 g/mol. The Morgan fingerprint density at radius 3 is 3.00 bits per heavy atom. The molecule has 5 nitrogen and oxygen atoms in total. The molecule has 0 radical (unpaired) electrons. The molecule has 1 saturated heterocycles. The molecule has 0 N–H and O–H groups in total. The van der Waals surface area contributed by atoms with Gasteiger partial charge in [0.2, 0.25) is 0 Å². The number of carbonyl (C=O) groups excluding carboxylic acids is 2. The van der Waals surface area contributed by atoms with Crippen LogP contribution in [0.3, 0.4) is 0 Å². The van der Waals surface area contributed by atoms with Crippen molar-refractivity contribution in [2.45, 2.75) is 19.3 Å². The van der Waals surface area contributed by atoms with Crippen molar-refractivity contribution in [1.82, 2.24) is 9.80 Å². The zero-order valence-electron chi connectivity index (χ0n) is 14.6. The second-order valence-corrected chi connectivity index (χ2v) is 6.89. The summed E-state index contributed by atoms with van der Waals surface area (Å²) >= 11 is 0. The number of amides is 1. The minimum Gasteiger partial charge on any atom is -0.383 e. The number of carbonyl (C=O) groups is 2. The Morgan fingerprint density at radius 2 is 2.21 bits per heavy atom. The SMILES string of the molecule is COCCN1CC[C@H](CN(C)C(=O)c2cccc3c2CCC3=O)C1. The maximum absolute atomic E-state index is 12.8. The van der Waals surface area contributed by atoms with Gasteiger partial charge in [0.15, 0.2) is 5.78 Å². The summed E-state index contributed by atoms with van der Waals surface area (Å²) in [6, 6.07) is 5.52. The Hall–Kier alpha value is -1.72. The lowest BCUT2D eigenvalue weighted by molar-refractivity contribution is 0.0771. The maximum atomic E-state index is 12.8. The molecule has 24 heavy (non-hydrogen) atoms. The third-order valence-electron chi connectivity index (χ3n) is 5.17. The van der Waals surface area contributed by atoms with E-state index in [2.05, 4.69) is 4.90 Å². The predicted octanol–water partition coefficient (Wildman–Crippen LogP) is 1.86. The van der Waals surface area contributed by atoms with Gasteiger partial charge < -0.3 is 14.5 Å². The number of benzene rings is 1. The molecule has 3 rings (SSSR count). The fourth-order valence-electron chi connectivity index (χ4n) is 3.85. The molecule has 5 heteroatoms. The molecular formula is C19H26N2O3. The van der Waals surface area contributed by atoms with Crippen molar-refractivity contribution in [3.63, 3.8) is 0 Å². The first-order chi connectivity index (χ1) is 11.6. The lowest BCUT2D eigenvalue weighted by Gasteiger charge is -2.23. The third kappa shape index (κ3) is 3.52. The smallest absolute Gasteiger partial charge is 0.253 e. The van der Waals surface area contributed by atoms with Gasteiger partial charge in [-0.25, -0.2) is 0 Å². The van der Waals surface area contributed by atoms with Gasteiger partial charge >= 0.3 is 0 Å². The van der Waals surface area contributed by atoms with Crippen LogP contribution in [0, 0.1) is 5.92 Å². The molecule has 1 aromatic carbocycles. The Balaban J connectivity index is 1.61. The molecule has 0 spiro atoms. The van der Waals surface area contributed by atoms with Crippen molar-refractivity contribution >= 4 is 11.7 Å². The molecule has 130 valence electrons. The van der Waals surface area contributed by atoms with Crippen molar-refractivity contribution < 1.29 is 14.3 Å². The monoisotopic (exact) mass is 330 g/mol. The highest BCUT2D eigenvalue weighted by molar-refractivity contribution is 6.05. The summed E-state index contributed by atoms with van der Waals surface area (Å²) in [6.07, 6.45) is 2.34. The Morgan fingerprint density at radius 1 is 1.38 bits per heavy atom. The van der Waals surface area contributed by atoms with Crippen LogP contribution in [-0.4, -0.2) is 68.4 Å². The number of Topliss-reactive ketones (excluding diaryl/α,β-unsaturated/α-hetero) is 1. The van der Waals surface area contributed by atoms with Crippen LogP contribution in [0.5, 0.6) is 0 Å². The highest BCUT2D eigenvalue weighted by Gasteiger charge is 2.28. The van der Waals surface area contributed by atoms with Crippen LogP contribution in [-0.2, 0) is 11.2 Å². The highest BCUT2D eigenvalue weighted by atomic mass is 16.5. The van der Waals surface area contributed by atoms with Crippen LogP contribution < -0.4 is 0 Å². The number of nitrogens with zero attached hydrogens (tertiary/aromatic N) is 2. The van der Waals surface area contributed by atoms with Crippen molar-refractivity contribution in [1.29, 1.82) is 0 Å². The van der Waals surface area contributed by atoms with E-state index in [1.165, 1.54) is 0 Å². The number of likely N-dealkylation sites (tertiary alicyclic amines) is 1. The zero-order valence-corrected chi connectivity index (χ0v) is 14.6. The number of hydrogen-bond acceptors (Lipinski definition) is 4. The Kier molecular flexibility index (Phi) is 5.31. The van der Waals surface area contributed by atoms with Gasteiger partial charge in [0.25, 0.3) is 5.91 Å². The van der Waals surface area contributed by atoms with E-state index >= 15 is 0 Å². The molecule has 1 aliphatic carbocycles. The van der Waals surface area contributed by atoms with E-state index in [9.17, 15) is 9.59 Å². The van der Waals surface area contributed by atoms with E-state index in [0.29, 0.717) is 24.3 Å². The molecule has 0 saturated carbocycles. The van der Waals surface area contributed by atoms with Crippen molar-refractivity contribution in [2.24, 2.45) is 5.92 Å². The molecular weight excluding hydrogens is 304 g/mol. The molecule has 0 bridgehead atoms. The topological polar surface area (TPSA) is 49.9 Å². The van der Waals surface area contributed by atoms with E-state index < -0.39 is 0 Å². The normalized spacial score (nSPS) is 20.4. The molecule has 1 aliphatic heterocycles. The fraction of sp³-hybridized carbons (Fsp3) is 0.579. The molecule has 1 fully saturated rings. The minimum atomic E-state index is 0.0388. The number of ether oxygens (including phenoxy) is 1. The second kappa shape index (κ2) is 7.45. The molecule has 2 aliphatic rings. The van der Waals surface area contributed by atoms with Crippen molar-refractivity contribution in [3.05, 3.63) is 34.9 Å². The molecule has 0 aromatic heterocycles. The molecule has 0 unspecified atom stereocenters. The quantitative estimate of drug-likeness (QED) is 0.799. The Bertz CT molecular complexity index is 629. The van der Waals surface area contributed by atoms with Crippen LogP contribution in [0.4, 0.5) is 0 Å². The zero-order chi connectivity index (χ0) is 17.1. The van der Waals surface area contributed by atoms with E-state index in [1.54, 1.807) is 7.11 Å². The average Bonchev–Trinajstić information content (AvgIpc) is 3.19. The van der Waals surface area contributed by atoms with Crippen LogP contribution >= 0.6 is 0 Å². The molecule has 1 aromatic rings. The Labute approximate surface area is 143 Å². The van der Waals surface area contributed by atoms with Gasteiger partial charge in [0.1, 0.15) is 0 Å². The number of rotatable bonds is 6. The van der Waals surface area contributed by atoms with Crippen LogP contribution in [0.1, 0.15) is 39.1 Å². The van der Waals surface area contributed by atoms with E-state index in [4.69, 9.17) is 4.74 Å². The molecule has 1 amide bonds. The third-order valence-corrected chi connectivity index (χ3v) is 5.17. The molecule has 1 heterocycles. The lowest BCUT2D eigenvalue weighted by Crippen LogP contribution is -2.34. The van der Waals surface area contributed by atoms with E-state index in [-0.39, 0.29) is 11.7 Å². The number of fused-ring (bicyclic) bond motifs is 1. The predicted molar refractivity (Wildman–Crippen MR) is 92.5 cm³/mol. The number of hydrogen-bond donors (Lipinski definition) is 0. The van der Waals surface area contributed by atoms with E-state index in [0.717, 1.165) is 50.3 Å². The summed E-state index contributed by atoms with van der Waals surface area (Å²) in [5, 5.41) is 0. The first-order valence-electron chi connectivity index (χ1n) is 8.72. The van der Waals surface area contributed by atoms with Crippen molar-refractivity contribution in [2.75, 3.05) is 46.9 Å². The van der Waals surface area contributed by atoms with Crippen LogP contribution in [0.25, 0.3) is 0 Å². The van der Waals surface area contributed by atoms with Gasteiger partial charge in [-0.1, -0.05) is 12.1 Å². The summed E-state index contributed by atoms with van der Waals surface area (Å²) < 4.78 is 5.13. The summed E-state index contributed by atoms with van der Waals surface area (Å²) in [7, 11) is 3.60. The minimum absolute atomic E-state index is 0.0388. The first-order valence-corrected chi connectivity index (χ1v) is 8.72.